The second-order valence-corrected chi connectivity index (χ2v) is 7.27. The SMILES string of the molecule is COc1ccc2[nH]cc(C(c3ccccc3C(=O)O)c3c[nH]c4ccccc34)c2c1. The molecule has 0 radical (unpaired) electrons. The summed E-state index contributed by atoms with van der Waals surface area (Å²) in [5.41, 5.74) is 5.07. The van der Waals surface area contributed by atoms with Gasteiger partial charge in [0.05, 0.1) is 12.7 Å². The highest BCUT2D eigenvalue weighted by Crippen LogP contribution is 2.41. The first-order chi connectivity index (χ1) is 14.7. The van der Waals surface area contributed by atoms with Crippen LogP contribution in [0.3, 0.4) is 0 Å². The summed E-state index contributed by atoms with van der Waals surface area (Å²) in [5.74, 6) is -0.449. The second kappa shape index (κ2) is 7.12. The van der Waals surface area contributed by atoms with Crippen molar-refractivity contribution in [3.8, 4) is 5.75 Å². The molecule has 5 rings (SSSR count). The van der Waals surface area contributed by atoms with Gasteiger partial charge in [-0.3, -0.25) is 0 Å². The van der Waals surface area contributed by atoms with Crippen molar-refractivity contribution in [1.29, 1.82) is 0 Å². The largest absolute Gasteiger partial charge is 0.497 e. The molecule has 148 valence electrons. The fraction of sp³-hybridized carbons (Fsp3) is 0.0800. The highest BCUT2D eigenvalue weighted by Gasteiger charge is 2.27. The molecular formula is C25H20N2O3. The van der Waals surface area contributed by atoms with Gasteiger partial charge in [0, 0.05) is 40.1 Å². The number of fused-ring (bicyclic) bond motifs is 2. The van der Waals surface area contributed by atoms with Crippen molar-refractivity contribution >= 4 is 27.8 Å². The highest BCUT2D eigenvalue weighted by atomic mass is 16.5. The van der Waals surface area contributed by atoms with Crippen LogP contribution in [0.25, 0.3) is 21.8 Å². The smallest absolute Gasteiger partial charge is 0.335 e. The van der Waals surface area contributed by atoms with Crippen LogP contribution in [0.4, 0.5) is 0 Å². The molecule has 5 aromatic rings. The van der Waals surface area contributed by atoms with E-state index in [0.717, 1.165) is 44.2 Å². The molecule has 3 aromatic carbocycles. The fourth-order valence-corrected chi connectivity index (χ4v) is 4.27. The van der Waals surface area contributed by atoms with Gasteiger partial charge in [-0.25, -0.2) is 4.79 Å². The van der Waals surface area contributed by atoms with Gasteiger partial charge in [0.1, 0.15) is 5.75 Å². The lowest BCUT2D eigenvalue weighted by molar-refractivity contribution is 0.0695. The molecule has 30 heavy (non-hydrogen) atoms. The van der Waals surface area contributed by atoms with Crippen LogP contribution in [0.1, 0.15) is 33.0 Å². The number of hydrogen-bond acceptors (Lipinski definition) is 2. The summed E-state index contributed by atoms with van der Waals surface area (Å²) < 4.78 is 5.44. The van der Waals surface area contributed by atoms with Crippen LogP contribution in [0.15, 0.2) is 79.1 Å². The maximum atomic E-state index is 12.1. The van der Waals surface area contributed by atoms with Crippen LogP contribution in [-0.2, 0) is 0 Å². The van der Waals surface area contributed by atoms with Crippen molar-refractivity contribution in [3.63, 3.8) is 0 Å². The van der Waals surface area contributed by atoms with Crippen LogP contribution >= 0.6 is 0 Å². The molecule has 3 N–H and O–H groups in total. The Balaban J connectivity index is 1.84. The van der Waals surface area contributed by atoms with Gasteiger partial charge in [-0.1, -0.05) is 36.4 Å². The van der Waals surface area contributed by atoms with Crippen molar-refractivity contribution in [1.82, 2.24) is 9.97 Å². The Kier molecular flexibility index (Phi) is 4.29. The van der Waals surface area contributed by atoms with Crippen molar-refractivity contribution in [3.05, 3.63) is 101 Å². The van der Waals surface area contributed by atoms with Gasteiger partial charge in [0.15, 0.2) is 0 Å². The number of aromatic carboxylic acids is 1. The van der Waals surface area contributed by atoms with Gasteiger partial charge < -0.3 is 19.8 Å². The van der Waals surface area contributed by atoms with Gasteiger partial charge in [-0.2, -0.15) is 0 Å². The van der Waals surface area contributed by atoms with Crippen molar-refractivity contribution in [2.45, 2.75) is 5.92 Å². The number of ether oxygens (including phenoxy) is 1. The van der Waals surface area contributed by atoms with E-state index in [4.69, 9.17) is 4.74 Å². The van der Waals surface area contributed by atoms with Crippen molar-refractivity contribution in [2.24, 2.45) is 0 Å². The Morgan fingerprint density at radius 1 is 0.833 bits per heavy atom. The number of carbonyl (C=O) groups is 1. The molecule has 0 amide bonds. The minimum absolute atomic E-state index is 0.269. The van der Waals surface area contributed by atoms with Gasteiger partial charge in [-0.05, 0) is 47.0 Å². The van der Waals surface area contributed by atoms with E-state index >= 15 is 0 Å². The fourth-order valence-electron chi connectivity index (χ4n) is 4.27. The molecule has 0 saturated heterocycles. The Morgan fingerprint density at radius 2 is 1.50 bits per heavy atom. The molecule has 5 heteroatoms. The number of benzene rings is 3. The van der Waals surface area contributed by atoms with E-state index in [1.54, 1.807) is 19.2 Å². The maximum absolute atomic E-state index is 12.1. The van der Waals surface area contributed by atoms with Gasteiger partial charge >= 0.3 is 5.97 Å². The minimum Gasteiger partial charge on any atom is -0.497 e. The Labute approximate surface area is 172 Å². The number of H-pyrrole nitrogens is 2. The van der Waals surface area contributed by atoms with E-state index in [0.29, 0.717) is 5.56 Å². The van der Waals surface area contributed by atoms with Crippen LogP contribution < -0.4 is 4.74 Å². The molecule has 2 aromatic heterocycles. The molecule has 5 nitrogen and oxygen atoms in total. The average Bonchev–Trinajstić information content (AvgIpc) is 3.39. The number of methoxy groups -OCH3 is 1. The first kappa shape index (κ1) is 18.1. The molecule has 0 aliphatic heterocycles. The third kappa shape index (κ3) is 2.83. The summed E-state index contributed by atoms with van der Waals surface area (Å²) in [7, 11) is 1.64. The summed E-state index contributed by atoms with van der Waals surface area (Å²) >= 11 is 0. The van der Waals surface area contributed by atoms with Crippen molar-refractivity contribution < 1.29 is 14.6 Å². The van der Waals surface area contributed by atoms with E-state index in [-0.39, 0.29) is 5.92 Å². The first-order valence-corrected chi connectivity index (χ1v) is 9.70. The Morgan fingerprint density at radius 3 is 2.27 bits per heavy atom. The van der Waals surface area contributed by atoms with E-state index in [1.807, 2.05) is 60.9 Å². The first-order valence-electron chi connectivity index (χ1n) is 9.70. The molecular weight excluding hydrogens is 376 g/mol. The number of aromatic amines is 2. The number of nitrogens with one attached hydrogen (secondary N) is 2. The van der Waals surface area contributed by atoms with E-state index in [1.165, 1.54) is 0 Å². The molecule has 1 unspecified atom stereocenters. The number of carboxylic acid groups (broad SMARTS) is 1. The minimum atomic E-state index is -0.937. The van der Waals surface area contributed by atoms with Gasteiger partial charge in [0.25, 0.3) is 0 Å². The van der Waals surface area contributed by atoms with E-state index in [2.05, 4.69) is 16.0 Å². The standard InChI is InChI=1S/C25H20N2O3/c1-30-15-10-11-23-19(12-15)21(14-27-23)24(17-7-2-3-8-18(17)25(28)29)20-13-26-22-9-5-4-6-16(20)22/h2-14,24,26-27H,1H3,(H,28,29). The summed E-state index contributed by atoms with van der Waals surface area (Å²) in [5, 5.41) is 12.0. The van der Waals surface area contributed by atoms with E-state index in [9.17, 15) is 9.90 Å². The summed E-state index contributed by atoms with van der Waals surface area (Å²) in [4.78, 5) is 18.7. The van der Waals surface area contributed by atoms with Crippen LogP contribution in [-0.4, -0.2) is 28.2 Å². The lowest BCUT2D eigenvalue weighted by Gasteiger charge is -2.19. The maximum Gasteiger partial charge on any atom is 0.335 e. The average molecular weight is 396 g/mol. The number of para-hydroxylation sites is 1. The monoisotopic (exact) mass is 396 g/mol. The topological polar surface area (TPSA) is 78.1 Å². The van der Waals surface area contributed by atoms with Crippen LogP contribution in [0.5, 0.6) is 5.75 Å². The zero-order valence-electron chi connectivity index (χ0n) is 16.3. The lowest BCUT2D eigenvalue weighted by Crippen LogP contribution is -2.09. The molecule has 1 atom stereocenters. The molecule has 0 bridgehead atoms. The molecule has 0 spiro atoms. The summed E-state index contributed by atoms with van der Waals surface area (Å²) in [6.45, 7) is 0. The lowest BCUT2D eigenvalue weighted by atomic mass is 9.82. The number of hydrogen-bond donors (Lipinski definition) is 3. The van der Waals surface area contributed by atoms with Crippen molar-refractivity contribution in [2.75, 3.05) is 7.11 Å². The van der Waals surface area contributed by atoms with Gasteiger partial charge in [-0.15, -0.1) is 0 Å². The predicted octanol–water partition coefficient (Wildman–Crippen LogP) is 5.54. The van der Waals surface area contributed by atoms with E-state index < -0.39 is 5.97 Å². The normalized spacial score (nSPS) is 12.3. The predicted molar refractivity (Wildman–Crippen MR) is 117 cm³/mol. The third-order valence-corrected chi connectivity index (χ3v) is 5.67. The highest BCUT2D eigenvalue weighted by molar-refractivity contribution is 5.93. The summed E-state index contributed by atoms with van der Waals surface area (Å²) in [6.07, 6.45) is 3.95. The Bertz CT molecular complexity index is 1380. The number of carboxylic acids is 1. The molecule has 0 aliphatic rings. The zero-order chi connectivity index (χ0) is 20.7. The zero-order valence-corrected chi connectivity index (χ0v) is 16.3. The molecule has 0 fully saturated rings. The molecule has 0 aliphatic carbocycles. The Hall–Kier alpha value is -3.99. The molecule has 2 heterocycles. The second-order valence-electron chi connectivity index (χ2n) is 7.27. The van der Waals surface area contributed by atoms with Crippen LogP contribution in [0, 0.1) is 0 Å². The summed E-state index contributed by atoms with van der Waals surface area (Å²) in [6, 6.07) is 21.2. The number of rotatable bonds is 5. The quantitative estimate of drug-likeness (QED) is 0.365. The molecule has 0 saturated carbocycles. The number of aromatic nitrogens is 2. The third-order valence-electron chi connectivity index (χ3n) is 5.67. The van der Waals surface area contributed by atoms with Crippen LogP contribution in [0.2, 0.25) is 0 Å². The van der Waals surface area contributed by atoms with Gasteiger partial charge in [0.2, 0.25) is 0 Å².